The average Bonchev–Trinajstić information content (AvgIpc) is 2.64. The molecule has 2 aromatic rings. The van der Waals surface area contributed by atoms with Crippen LogP contribution in [0.3, 0.4) is 0 Å². The molecular weight excluding hydrogens is 350 g/mol. The monoisotopic (exact) mass is 377 g/mol. The summed E-state index contributed by atoms with van der Waals surface area (Å²) in [6.45, 7) is 2.40. The summed E-state index contributed by atoms with van der Waals surface area (Å²) in [5.74, 6) is 2.18. The molecule has 1 N–H and O–H groups in total. The van der Waals surface area contributed by atoms with E-state index in [2.05, 4.69) is 10.4 Å². The van der Waals surface area contributed by atoms with Crippen molar-refractivity contribution in [2.45, 2.75) is 57.5 Å². The fraction of sp³-hybridized carbons (Fsp3) is 0.522. The molecule has 4 aliphatic rings. The molecular formula is C23H27N3O2. The van der Waals surface area contributed by atoms with Crippen molar-refractivity contribution in [1.29, 1.82) is 0 Å². The zero-order valence-corrected chi connectivity index (χ0v) is 16.4. The quantitative estimate of drug-likeness (QED) is 0.889. The number of nitrogens with one attached hydrogen (secondary N) is 1. The lowest BCUT2D eigenvalue weighted by Crippen LogP contribution is -2.60. The van der Waals surface area contributed by atoms with Crippen molar-refractivity contribution >= 4 is 5.91 Å². The topological polar surface area (TPSA) is 64.0 Å². The Kier molecular flexibility index (Phi) is 4.14. The maximum atomic E-state index is 13.0. The lowest BCUT2D eigenvalue weighted by atomic mass is 9.53. The molecule has 0 radical (unpaired) electrons. The van der Waals surface area contributed by atoms with E-state index in [9.17, 15) is 9.59 Å². The molecule has 4 fully saturated rings. The predicted molar refractivity (Wildman–Crippen MR) is 107 cm³/mol. The predicted octanol–water partition coefficient (Wildman–Crippen LogP) is 3.30. The van der Waals surface area contributed by atoms with E-state index < -0.39 is 0 Å². The van der Waals surface area contributed by atoms with Crippen molar-refractivity contribution in [2.24, 2.45) is 17.8 Å². The molecule has 1 heterocycles. The second-order valence-electron chi connectivity index (χ2n) is 9.35. The number of amides is 1. The molecule has 0 saturated heterocycles. The highest BCUT2D eigenvalue weighted by molar-refractivity contribution is 5.92. The maximum absolute atomic E-state index is 13.0. The number of rotatable bonds is 4. The van der Waals surface area contributed by atoms with Crippen LogP contribution in [0.5, 0.6) is 0 Å². The van der Waals surface area contributed by atoms with Gasteiger partial charge < -0.3 is 5.32 Å². The van der Waals surface area contributed by atoms with E-state index in [1.807, 2.05) is 31.2 Å². The van der Waals surface area contributed by atoms with Gasteiger partial charge in [-0.05, 0) is 74.8 Å². The van der Waals surface area contributed by atoms with Crippen LogP contribution in [0, 0.1) is 24.7 Å². The number of aryl methyl sites for hydroxylation is 1. The van der Waals surface area contributed by atoms with Crippen molar-refractivity contribution < 1.29 is 4.79 Å². The van der Waals surface area contributed by atoms with Crippen LogP contribution in [0.25, 0.3) is 0 Å². The molecule has 1 aromatic heterocycles. The first kappa shape index (κ1) is 17.7. The van der Waals surface area contributed by atoms with Crippen LogP contribution in [0.4, 0.5) is 0 Å². The molecule has 5 heteroatoms. The van der Waals surface area contributed by atoms with Crippen LogP contribution < -0.4 is 10.9 Å². The molecule has 0 unspecified atom stereocenters. The summed E-state index contributed by atoms with van der Waals surface area (Å²) >= 11 is 0. The second-order valence-corrected chi connectivity index (χ2v) is 9.35. The Bertz CT molecular complexity index is 925. The van der Waals surface area contributed by atoms with E-state index in [4.69, 9.17) is 0 Å². The van der Waals surface area contributed by atoms with Crippen molar-refractivity contribution in [3.05, 3.63) is 63.6 Å². The molecule has 6 rings (SSSR count). The van der Waals surface area contributed by atoms with E-state index in [1.54, 1.807) is 6.07 Å². The summed E-state index contributed by atoms with van der Waals surface area (Å²) in [5, 5.41) is 7.72. The maximum Gasteiger partial charge on any atom is 0.272 e. The Labute approximate surface area is 165 Å². The molecule has 0 spiro atoms. The van der Waals surface area contributed by atoms with Gasteiger partial charge in [0.1, 0.15) is 5.69 Å². The first-order valence-corrected chi connectivity index (χ1v) is 10.4. The van der Waals surface area contributed by atoms with E-state index in [0.29, 0.717) is 12.2 Å². The number of hydrogen-bond acceptors (Lipinski definition) is 3. The van der Waals surface area contributed by atoms with Gasteiger partial charge in [-0.15, -0.1) is 0 Å². The van der Waals surface area contributed by atoms with Crippen molar-refractivity contribution in [3.8, 4) is 0 Å². The van der Waals surface area contributed by atoms with Crippen LogP contribution >= 0.6 is 0 Å². The highest BCUT2D eigenvalue weighted by Crippen LogP contribution is 2.55. The zero-order valence-electron chi connectivity index (χ0n) is 16.4. The minimum absolute atomic E-state index is 0.0502. The Balaban J connectivity index is 1.35. The first-order chi connectivity index (χ1) is 13.5. The van der Waals surface area contributed by atoms with Gasteiger partial charge >= 0.3 is 0 Å². The van der Waals surface area contributed by atoms with Crippen molar-refractivity contribution in [1.82, 2.24) is 15.1 Å². The summed E-state index contributed by atoms with van der Waals surface area (Å²) in [4.78, 5) is 25.2. The van der Waals surface area contributed by atoms with Crippen molar-refractivity contribution in [3.63, 3.8) is 0 Å². The van der Waals surface area contributed by atoms with E-state index in [0.717, 1.165) is 42.6 Å². The van der Waals surface area contributed by atoms with Gasteiger partial charge in [0.05, 0.1) is 6.54 Å². The molecule has 4 saturated carbocycles. The summed E-state index contributed by atoms with van der Waals surface area (Å²) in [6.07, 6.45) is 7.34. The molecule has 4 aliphatic carbocycles. The van der Waals surface area contributed by atoms with Gasteiger partial charge in [0, 0.05) is 11.6 Å². The molecule has 0 aliphatic heterocycles. The second kappa shape index (κ2) is 6.57. The molecule has 0 atom stereocenters. The molecule has 28 heavy (non-hydrogen) atoms. The standard InChI is InChI=1S/C23H27N3O2/c1-15-2-4-16(5-3-15)14-26-21(27)7-6-20(25-26)22(28)24-23-11-17-8-18(12-23)10-19(9-17)13-23/h2-7,17-19H,8-14H2,1H3,(H,24,28). The third kappa shape index (κ3) is 3.27. The first-order valence-electron chi connectivity index (χ1n) is 10.4. The summed E-state index contributed by atoms with van der Waals surface area (Å²) in [7, 11) is 0. The minimum atomic E-state index is -0.188. The normalized spacial score (nSPS) is 30.4. The lowest BCUT2D eigenvalue weighted by Gasteiger charge is -2.56. The summed E-state index contributed by atoms with van der Waals surface area (Å²) in [5.41, 5.74) is 2.27. The van der Waals surface area contributed by atoms with Crippen LogP contribution in [-0.2, 0) is 6.54 Å². The van der Waals surface area contributed by atoms with Gasteiger partial charge in [0.2, 0.25) is 0 Å². The van der Waals surface area contributed by atoms with Crippen LogP contribution in [0.15, 0.2) is 41.2 Å². The van der Waals surface area contributed by atoms with E-state index >= 15 is 0 Å². The number of aromatic nitrogens is 2. The van der Waals surface area contributed by atoms with Crippen molar-refractivity contribution in [2.75, 3.05) is 0 Å². The number of benzene rings is 1. The highest BCUT2D eigenvalue weighted by Gasteiger charge is 2.51. The zero-order chi connectivity index (χ0) is 19.3. The summed E-state index contributed by atoms with van der Waals surface area (Å²) < 4.78 is 1.39. The Morgan fingerprint density at radius 1 is 1.04 bits per heavy atom. The van der Waals surface area contributed by atoms with Gasteiger partial charge in [-0.25, -0.2) is 4.68 Å². The van der Waals surface area contributed by atoms with Gasteiger partial charge in [0.15, 0.2) is 0 Å². The smallest absolute Gasteiger partial charge is 0.272 e. The number of carbonyl (C=O) groups is 1. The Hall–Kier alpha value is -2.43. The third-order valence-electron chi connectivity index (χ3n) is 6.97. The van der Waals surface area contributed by atoms with Gasteiger partial charge in [-0.2, -0.15) is 5.10 Å². The molecule has 5 nitrogen and oxygen atoms in total. The fourth-order valence-electron chi connectivity index (χ4n) is 6.12. The number of hydrogen-bond donors (Lipinski definition) is 1. The molecule has 1 amide bonds. The van der Waals surface area contributed by atoms with Crippen LogP contribution in [-0.4, -0.2) is 21.2 Å². The molecule has 146 valence electrons. The summed E-state index contributed by atoms with van der Waals surface area (Å²) in [6, 6.07) is 11.0. The van der Waals surface area contributed by atoms with Crippen LogP contribution in [0.1, 0.15) is 60.1 Å². The lowest BCUT2D eigenvalue weighted by molar-refractivity contribution is -0.0168. The Morgan fingerprint density at radius 2 is 1.64 bits per heavy atom. The van der Waals surface area contributed by atoms with Gasteiger partial charge in [0.25, 0.3) is 11.5 Å². The van der Waals surface area contributed by atoms with E-state index in [-0.39, 0.29) is 17.0 Å². The van der Waals surface area contributed by atoms with Gasteiger partial charge in [-0.1, -0.05) is 29.8 Å². The third-order valence-corrected chi connectivity index (χ3v) is 6.97. The fourth-order valence-corrected chi connectivity index (χ4v) is 6.12. The highest BCUT2D eigenvalue weighted by atomic mass is 16.2. The van der Waals surface area contributed by atoms with Gasteiger partial charge in [-0.3, -0.25) is 9.59 Å². The largest absolute Gasteiger partial charge is 0.345 e. The SMILES string of the molecule is Cc1ccc(Cn2nc(C(=O)NC34CC5CC(CC(C5)C3)C4)ccc2=O)cc1. The van der Waals surface area contributed by atoms with E-state index in [1.165, 1.54) is 35.6 Å². The number of nitrogens with zero attached hydrogens (tertiary/aromatic N) is 2. The minimum Gasteiger partial charge on any atom is -0.345 e. The molecule has 1 aromatic carbocycles. The average molecular weight is 377 g/mol. The molecule has 4 bridgehead atoms. The van der Waals surface area contributed by atoms with Crippen LogP contribution in [0.2, 0.25) is 0 Å². The number of carbonyl (C=O) groups excluding carboxylic acids is 1. The Morgan fingerprint density at radius 3 is 2.25 bits per heavy atom.